The first-order valence-electron chi connectivity index (χ1n) is 4.57. The molecule has 0 unspecified atom stereocenters. The van der Waals surface area contributed by atoms with Crippen LogP contribution in [0.5, 0.6) is 0 Å². The smallest absolute Gasteiger partial charge is 0.402 e. The normalized spacial score (nSPS) is 9.94. The lowest BCUT2D eigenvalue weighted by Crippen LogP contribution is -2.12. The van der Waals surface area contributed by atoms with Crippen LogP contribution in [-0.2, 0) is 16.1 Å². The monoisotopic (exact) mass is 242 g/mol. The van der Waals surface area contributed by atoms with E-state index >= 15 is 0 Å². The number of rotatable bonds is 5. The van der Waals surface area contributed by atoms with Crippen LogP contribution >= 0.6 is 0 Å². The molecule has 0 spiro atoms. The van der Waals surface area contributed by atoms with E-state index in [0.29, 0.717) is 0 Å². The van der Waals surface area contributed by atoms with E-state index in [1.165, 1.54) is 6.92 Å². The molecular formula is C8H10N4O5. The van der Waals surface area contributed by atoms with Crippen molar-refractivity contribution in [3.63, 3.8) is 0 Å². The fourth-order valence-electron chi connectivity index (χ4n) is 1.12. The second-order valence-corrected chi connectivity index (χ2v) is 3.09. The summed E-state index contributed by atoms with van der Waals surface area (Å²) in [7, 11) is 0. The molecule has 0 bridgehead atoms. The van der Waals surface area contributed by atoms with Crippen LogP contribution < -0.4 is 5.73 Å². The van der Waals surface area contributed by atoms with Gasteiger partial charge in [0.2, 0.25) is 0 Å². The largest absolute Gasteiger partial charge is 0.464 e. The van der Waals surface area contributed by atoms with E-state index < -0.39 is 22.6 Å². The summed E-state index contributed by atoms with van der Waals surface area (Å²) in [6.07, 6.45) is 1.14. The highest BCUT2D eigenvalue weighted by Gasteiger charge is 2.24. The van der Waals surface area contributed by atoms with E-state index in [2.05, 4.69) is 9.84 Å². The van der Waals surface area contributed by atoms with Crippen LogP contribution in [0.15, 0.2) is 6.20 Å². The number of ether oxygens (including phenoxy) is 1. The number of aromatic nitrogens is 2. The minimum atomic E-state index is -0.935. The number of esters is 1. The van der Waals surface area contributed by atoms with Crippen LogP contribution in [-0.4, -0.2) is 33.2 Å². The van der Waals surface area contributed by atoms with Gasteiger partial charge < -0.3 is 20.6 Å². The number of hydrogen-bond acceptors (Lipinski definition) is 6. The molecule has 0 radical (unpaired) electrons. The van der Waals surface area contributed by atoms with Gasteiger partial charge in [0.15, 0.2) is 5.56 Å². The number of primary amides is 1. The molecule has 9 nitrogen and oxygen atoms in total. The molecule has 1 aromatic rings. The Bertz CT molecular complexity index is 435. The second-order valence-electron chi connectivity index (χ2n) is 3.09. The first-order chi connectivity index (χ1) is 7.91. The summed E-state index contributed by atoms with van der Waals surface area (Å²) in [4.78, 5) is 31.1. The van der Waals surface area contributed by atoms with Gasteiger partial charge in [-0.05, 0) is 4.92 Å². The molecule has 92 valence electrons. The Morgan fingerprint density at radius 2 is 2.29 bits per heavy atom. The third-order valence-electron chi connectivity index (χ3n) is 1.81. The summed E-state index contributed by atoms with van der Waals surface area (Å²) in [6.45, 7) is 1.35. The quantitative estimate of drug-likeness (QED) is 0.419. The molecule has 1 amide bonds. The Labute approximate surface area is 95.3 Å². The maximum Gasteiger partial charge on any atom is 0.402 e. The summed E-state index contributed by atoms with van der Waals surface area (Å²) < 4.78 is 5.76. The van der Waals surface area contributed by atoms with Gasteiger partial charge in [0.25, 0.3) is 5.91 Å². The number of carbonyl (C=O) groups excluding carboxylic acids is 2. The Hall–Kier alpha value is -2.45. The molecule has 0 saturated carbocycles. The van der Waals surface area contributed by atoms with Gasteiger partial charge in [0.1, 0.15) is 6.61 Å². The third-order valence-corrected chi connectivity index (χ3v) is 1.81. The van der Waals surface area contributed by atoms with Gasteiger partial charge in [-0.3, -0.25) is 9.59 Å². The van der Waals surface area contributed by atoms with E-state index in [9.17, 15) is 19.7 Å². The number of amides is 1. The average Bonchev–Trinajstić information content (AvgIpc) is 2.61. The van der Waals surface area contributed by atoms with Crippen LogP contribution in [0.4, 0.5) is 5.82 Å². The van der Waals surface area contributed by atoms with Crippen molar-refractivity contribution in [1.29, 1.82) is 0 Å². The lowest BCUT2D eigenvalue weighted by atomic mass is 10.3. The van der Waals surface area contributed by atoms with Gasteiger partial charge in [-0.25, -0.2) is 0 Å². The van der Waals surface area contributed by atoms with E-state index in [4.69, 9.17) is 5.73 Å². The van der Waals surface area contributed by atoms with E-state index in [-0.39, 0.29) is 18.7 Å². The van der Waals surface area contributed by atoms with E-state index in [0.717, 1.165) is 10.9 Å². The van der Waals surface area contributed by atoms with Gasteiger partial charge in [-0.2, -0.15) is 4.68 Å². The summed E-state index contributed by atoms with van der Waals surface area (Å²) in [5.74, 6) is -2.02. The van der Waals surface area contributed by atoms with Crippen molar-refractivity contribution in [3.8, 4) is 0 Å². The summed E-state index contributed by atoms with van der Waals surface area (Å²) in [6, 6.07) is 0. The van der Waals surface area contributed by atoms with Crippen LogP contribution in [0.3, 0.4) is 0 Å². The van der Waals surface area contributed by atoms with Gasteiger partial charge in [0.05, 0.1) is 17.8 Å². The highest BCUT2D eigenvalue weighted by Crippen LogP contribution is 2.14. The summed E-state index contributed by atoms with van der Waals surface area (Å²) in [5.41, 5.74) is 4.68. The van der Waals surface area contributed by atoms with Crippen molar-refractivity contribution in [2.45, 2.75) is 13.5 Å². The lowest BCUT2D eigenvalue weighted by Gasteiger charge is -1.98. The Morgan fingerprint density at radius 1 is 1.65 bits per heavy atom. The van der Waals surface area contributed by atoms with Gasteiger partial charge in [-0.15, -0.1) is 0 Å². The molecule has 2 N–H and O–H groups in total. The predicted octanol–water partition coefficient (Wildman–Crippen LogP) is -0.547. The fourth-order valence-corrected chi connectivity index (χ4v) is 1.12. The molecular weight excluding hydrogens is 232 g/mol. The molecule has 0 aliphatic carbocycles. The predicted molar refractivity (Wildman–Crippen MR) is 54.0 cm³/mol. The molecule has 1 aromatic heterocycles. The fraction of sp³-hybridized carbons (Fsp3) is 0.375. The molecule has 0 aliphatic rings. The van der Waals surface area contributed by atoms with Gasteiger partial charge in [0, 0.05) is 6.92 Å². The molecule has 1 heterocycles. The van der Waals surface area contributed by atoms with E-state index in [1.54, 1.807) is 0 Å². The zero-order valence-corrected chi connectivity index (χ0v) is 8.95. The van der Waals surface area contributed by atoms with Crippen molar-refractivity contribution in [2.75, 3.05) is 6.61 Å². The van der Waals surface area contributed by atoms with Gasteiger partial charge in [-0.1, -0.05) is 0 Å². The number of nitrogens with two attached hydrogens (primary N) is 1. The molecule has 17 heavy (non-hydrogen) atoms. The van der Waals surface area contributed by atoms with Gasteiger partial charge >= 0.3 is 11.8 Å². The summed E-state index contributed by atoms with van der Waals surface area (Å²) in [5, 5.41) is 14.1. The minimum Gasteiger partial charge on any atom is -0.464 e. The third kappa shape index (κ3) is 3.26. The Morgan fingerprint density at radius 3 is 2.71 bits per heavy atom. The molecule has 0 atom stereocenters. The molecule has 0 aromatic carbocycles. The first kappa shape index (κ1) is 12.6. The Balaban J connectivity index is 2.81. The maximum atomic E-state index is 10.9. The minimum absolute atomic E-state index is 0.00632. The number of nitro groups is 1. The first-order valence-corrected chi connectivity index (χ1v) is 4.57. The SMILES string of the molecule is CC(=O)OCCn1cc(C(N)=O)c([N+](=O)[O-])n1. The topological polar surface area (TPSA) is 130 Å². The number of hydrogen-bond donors (Lipinski definition) is 1. The zero-order valence-electron chi connectivity index (χ0n) is 8.95. The lowest BCUT2D eigenvalue weighted by molar-refractivity contribution is -0.390. The van der Waals surface area contributed by atoms with Crippen molar-refractivity contribution in [1.82, 2.24) is 9.78 Å². The molecule has 9 heteroatoms. The van der Waals surface area contributed by atoms with Crippen LogP contribution in [0.2, 0.25) is 0 Å². The van der Waals surface area contributed by atoms with Crippen LogP contribution in [0, 0.1) is 10.1 Å². The van der Waals surface area contributed by atoms with Crippen LogP contribution in [0.25, 0.3) is 0 Å². The van der Waals surface area contributed by atoms with Crippen molar-refractivity contribution >= 4 is 17.7 Å². The average molecular weight is 242 g/mol. The zero-order chi connectivity index (χ0) is 13.0. The van der Waals surface area contributed by atoms with Crippen molar-refractivity contribution < 1.29 is 19.2 Å². The summed E-state index contributed by atoms with van der Waals surface area (Å²) >= 11 is 0. The Kier molecular flexibility index (Phi) is 3.75. The number of nitrogens with zero attached hydrogens (tertiary/aromatic N) is 3. The molecule has 0 fully saturated rings. The van der Waals surface area contributed by atoms with Crippen molar-refractivity contribution in [3.05, 3.63) is 21.9 Å². The maximum absolute atomic E-state index is 10.9. The van der Waals surface area contributed by atoms with Crippen LogP contribution in [0.1, 0.15) is 17.3 Å². The molecule has 0 aliphatic heterocycles. The standard InChI is InChI=1S/C8H10N4O5/c1-5(13)17-3-2-11-4-6(7(9)14)8(10-11)12(15)16/h4H,2-3H2,1H3,(H2,9,14). The van der Waals surface area contributed by atoms with E-state index in [1.807, 2.05) is 0 Å². The second kappa shape index (κ2) is 5.05. The molecule has 0 saturated heterocycles. The highest BCUT2D eigenvalue weighted by atomic mass is 16.6. The number of carbonyl (C=O) groups is 2. The van der Waals surface area contributed by atoms with Crippen molar-refractivity contribution in [2.24, 2.45) is 5.73 Å². The molecule has 1 rings (SSSR count). The highest BCUT2D eigenvalue weighted by molar-refractivity contribution is 5.95.